The van der Waals surface area contributed by atoms with Gasteiger partial charge in [0.2, 0.25) is 11.8 Å². The van der Waals surface area contributed by atoms with Crippen molar-refractivity contribution in [2.24, 2.45) is 0 Å². The van der Waals surface area contributed by atoms with Crippen LogP contribution in [-0.2, 0) is 0 Å². The number of nitrogen functional groups attached to an aromatic ring is 1. The fraction of sp³-hybridized carbons (Fsp3) is 0.556. The number of aryl methyl sites for hydroxylation is 1. The number of aliphatic hydroxyl groups excluding tert-OH is 1. The Morgan fingerprint density at radius 2 is 2.12 bits per heavy atom. The molecule has 8 nitrogen and oxygen atoms in total. The van der Waals surface area contributed by atoms with Gasteiger partial charge in [0.1, 0.15) is 5.69 Å². The van der Waals surface area contributed by atoms with E-state index in [0.717, 1.165) is 0 Å². The molecule has 0 atom stereocenters. The second-order valence-corrected chi connectivity index (χ2v) is 4.29. The predicted molar refractivity (Wildman–Crippen MR) is 62.6 cm³/mol. The molecule has 0 saturated heterocycles. The van der Waals surface area contributed by atoms with Gasteiger partial charge in [-0.15, -0.1) is 0 Å². The Morgan fingerprint density at radius 3 is 2.59 bits per heavy atom. The predicted octanol–water partition coefficient (Wildman–Crippen LogP) is 0.458. The fourth-order valence-electron chi connectivity index (χ4n) is 1.25. The first-order valence-corrected chi connectivity index (χ1v) is 4.94. The van der Waals surface area contributed by atoms with Crippen molar-refractivity contribution < 1.29 is 10.0 Å². The third-order valence-electron chi connectivity index (χ3n) is 2.11. The van der Waals surface area contributed by atoms with Crippen LogP contribution >= 0.6 is 0 Å². The zero-order chi connectivity index (χ0) is 13.2. The van der Waals surface area contributed by atoms with Gasteiger partial charge in [-0.3, -0.25) is 10.1 Å². The Hall–Kier alpha value is -1.96. The average molecular weight is 241 g/mol. The third-order valence-corrected chi connectivity index (χ3v) is 2.11. The van der Waals surface area contributed by atoms with Crippen LogP contribution in [0.25, 0.3) is 0 Å². The maximum absolute atomic E-state index is 10.9. The van der Waals surface area contributed by atoms with E-state index in [-0.39, 0.29) is 29.8 Å². The fourth-order valence-corrected chi connectivity index (χ4v) is 1.25. The van der Waals surface area contributed by atoms with E-state index in [1.165, 1.54) is 6.92 Å². The number of nitrogens with two attached hydrogens (primary N) is 1. The number of aromatic nitrogens is 2. The van der Waals surface area contributed by atoms with Crippen LogP contribution in [0.15, 0.2) is 0 Å². The lowest BCUT2D eigenvalue weighted by Gasteiger charge is -2.24. The summed E-state index contributed by atoms with van der Waals surface area (Å²) in [5.41, 5.74) is 4.65. The first-order chi connectivity index (χ1) is 7.76. The van der Waals surface area contributed by atoms with Crippen molar-refractivity contribution in [3.8, 4) is 0 Å². The van der Waals surface area contributed by atoms with E-state index in [4.69, 9.17) is 10.8 Å². The molecule has 17 heavy (non-hydrogen) atoms. The summed E-state index contributed by atoms with van der Waals surface area (Å²) in [5.74, 6) is -0.0385. The summed E-state index contributed by atoms with van der Waals surface area (Å²) < 4.78 is 0. The molecular formula is C9H15N5O3. The van der Waals surface area contributed by atoms with Crippen LogP contribution in [0.1, 0.15) is 19.5 Å². The largest absolute Gasteiger partial charge is 0.394 e. The van der Waals surface area contributed by atoms with Crippen LogP contribution < -0.4 is 11.1 Å². The van der Waals surface area contributed by atoms with Crippen LogP contribution in [-0.4, -0.2) is 32.1 Å². The molecule has 0 saturated carbocycles. The topological polar surface area (TPSA) is 127 Å². The highest BCUT2D eigenvalue weighted by Crippen LogP contribution is 2.27. The summed E-state index contributed by atoms with van der Waals surface area (Å²) in [4.78, 5) is 17.9. The lowest BCUT2D eigenvalue weighted by molar-refractivity contribution is -0.385. The number of rotatable bonds is 4. The summed E-state index contributed by atoms with van der Waals surface area (Å²) in [7, 11) is 0. The monoisotopic (exact) mass is 241 g/mol. The first kappa shape index (κ1) is 13.1. The second-order valence-electron chi connectivity index (χ2n) is 4.29. The van der Waals surface area contributed by atoms with Gasteiger partial charge in [0.15, 0.2) is 0 Å². The molecule has 0 unspecified atom stereocenters. The van der Waals surface area contributed by atoms with Gasteiger partial charge >= 0.3 is 5.69 Å². The van der Waals surface area contributed by atoms with Crippen molar-refractivity contribution in [2.75, 3.05) is 17.7 Å². The van der Waals surface area contributed by atoms with Gasteiger partial charge in [-0.05, 0) is 20.8 Å². The molecule has 0 spiro atoms. The Bertz CT molecular complexity index is 447. The van der Waals surface area contributed by atoms with Crippen molar-refractivity contribution in [2.45, 2.75) is 26.3 Å². The van der Waals surface area contributed by atoms with Gasteiger partial charge in [0, 0.05) is 0 Å². The summed E-state index contributed by atoms with van der Waals surface area (Å²) in [5, 5.41) is 22.8. The van der Waals surface area contributed by atoms with E-state index < -0.39 is 10.5 Å². The number of hydrogen-bond acceptors (Lipinski definition) is 7. The number of hydrogen-bond donors (Lipinski definition) is 3. The third kappa shape index (κ3) is 3.00. The highest BCUT2D eigenvalue weighted by atomic mass is 16.6. The van der Waals surface area contributed by atoms with Crippen LogP contribution in [0.4, 0.5) is 17.5 Å². The Morgan fingerprint density at radius 1 is 1.53 bits per heavy atom. The van der Waals surface area contributed by atoms with Crippen molar-refractivity contribution in [3.63, 3.8) is 0 Å². The van der Waals surface area contributed by atoms with E-state index >= 15 is 0 Å². The molecule has 0 radical (unpaired) electrons. The quantitative estimate of drug-likeness (QED) is 0.516. The standard InChI is InChI=1S/C9H15N5O3/c1-5-6(14(16)17)7(12-8(10)11-5)13-9(2,3)4-15/h15H,4H2,1-3H3,(H3,10,11,12,13). The molecule has 1 aromatic heterocycles. The molecule has 0 amide bonds. The zero-order valence-corrected chi connectivity index (χ0v) is 9.89. The molecule has 1 aromatic rings. The van der Waals surface area contributed by atoms with E-state index in [1.807, 2.05) is 0 Å². The smallest absolute Gasteiger partial charge is 0.332 e. The van der Waals surface area contributed by atoms with Crippen LogP contribution in [0, 0.1) is 17.0 Å². The van der Waals surface area contributed by atoms with Crippen molar-refractivity contribution in [1.82, 2.24) is 9.97 Å². The summed E-state index contributed by atoms with van der Waals surface area (Å²) >= 11 is 0. The molecule has 0 aliphatic carbocycles. The molecular weight excluding hydrogens is 226 g/mol. The van der Waals surface area contributed by atoms with Gasteiger partial charge in [-0.25, -0.2) is 4.98 Å². The minimum Gasteiger partial charge on any atom is -0.394 e. The SMILES string of the molecule is Cc1nc(N)nc(NC(C)(C)CO)c1[N+](=O)[O-]. The molecule has 0 aliphatic rings. The van der Waals surface area contributed by atoms with Crippen molar-refractivity contribution in [1.29, 1.82) is 0 Å². The van der Waals surface area contributed by atoms with E-state index in [9.17, 15) is 10.1 Å². The summed E-state index contributed by atoms with van der Waals surface area (Å²) in [6.45, 7) is 4.65. The summed E-state index contributed by atoms with van der Waals surface area (Å²) in [6, 6.07) is 0. The Kier molecular flexibility index (Phi) is 3.47. The molecule has 1 rings (SSSR count). The number of aliphatic hydroxyl groups is 1. The number of nitro groups is 1. The average Bonchev–Trinajstić information content (AvgIpc) is 2.14. The highest BCUT2D eigenvalue weighted by molar-refractivity contribution is 5.61. The lowest BCUT2D eigenvalue weighted by atomic mass is 10.1. The maximum atomic E-state index is 10.9. The molecule has 4 N–H and O–H groups in total. The molecule has 94 valence electrons. The lowest BCUT2D eigenvalue weighted by Crippen LogP contribution is -2.35. The first-order valence-electron chi connectivity index (χ1n) is 4.94. The van der Waals surface area contributed by atoms with Crippen molar-refractivity contribution in [3.05, 3.63) is 15.8 Å². The molecule has 0 fully saturated rings. The van der Waals surface area contributed by atoms with E-state index in [1.54, 1.807) is 13.8 Å². The number of nitrogens with one attached hydrogen (secondary N) is 1. The van der Waals surface area contributed by atoms with Crippen LogP contribution in [0.3, 0.4) is 0 Å². The normalized spacial score (nSPS) is 11.3. The van der Waals surface area contributed by atoms with Gasteiger partial charge in [-0.2, -0.15) is 4.98 Å². The molecule has 0 bridgehead atoms. The van der Waals surface area contributed by atoms with Crippen molar-refractivity contribution >= 4 is 17.5 Å². The summed E-state index contributed by atoms with van der Waals surface area (Å²) in [6.07, 6.45) is 0. The van der Waals surface area contributed by atoms with Gasteiger partial charge in [0.05, 0.1) is 17.1 Å². The van der Waals surface area contributed by atoms with E-state index in [2.05, 4.69) is 15.3 Å². The van der Waals surface area contributed by atoms with Gasteiger partial charge in [0.25, 0.3) is 0 Å². The van der Waals surface area contributed by atoms with E-state index in [0.29, 0.717) is 0 Å². The van der Waals surface area contributed by atoms with Crippen LogP contribution in [0.5, 0.6) is 0 Å². The molecule has 8 heteroatoms. The number of anilines is 2. The highest BCUT2D eigenvalue weighted by Gasteiger charge is 2.26. The minimum absolute atomic E-state index is 0.0130. The second kappa shape index (κ2) is 4.50. The Balaban J connectivity index is 3.26. The van der Waals surface area contributed by atoms with Crippen LogP contribution in [0.2, 0.25) is 0 Å². The van der Waals surface area contributed by atoms with Gasteiger partial charge in [-0.1, -0.05) is 0 Å². The zero-order valence-electron chi connectivity index (χ0n) is 9.89. The number of nitrogens with zero attached hydrogens (tertiary/aromatic N) is 3. The Labute approximate surface area is 98.0 Å². The minimum atomic E-state index is -0.738. The van der Waals surface area contributed by atoms with Gasteiger partial charge < -0.3 is 16.2 Å². The molecule has 1 heterocycles. The molecule has 0 aromatic carbocycles. The molecule has 0 aliphatic heterocycles. The maximum Gasteiger partial charge on any atom is 0.332 e.